The monoisotopic (exact) mass is 634 g/mol. The predicted octanol–water partition coefficient (Wildman–Crippen LogP) is 9.39. The number of hydrogen-bond acceptors (Lipinski definition) is 4. The van der Waals surface area contributed by atoms with E-state index in [0.29, 0.717) is 12.8 Å². The minimum absolute atomic E-state index is 0.0248. The maximum atomic E-state index is 11.8. The molecule has 3 aromatic carbocycles. The van der Waals surface area contributed by atoms with Gasteiger partial charge in [-0.3, -0.25) is 4.79 Å². The Balaban J connectivity index is 0.000000246. The lowest BCUT2D eigenvalue weighted by atomic mass is 9.70. The Morgan fingerprint density at radius 3 is 1.70 bits per heavy atom. The van der Waals surface area contributed by atoms with Crippen molar-refractivity contribution in [2.45, 2.75) is 113 Å². The molecule has 2 bridgehead atoms. The Bertz CT molecular complexity index is 1380. The van der Waals surface area contributed by atoms with Crippen molar-refractivity contribution in [2.75, 3.05) is 5.75 Å². The van der Waals surface area contributed by atoms with Gasteiger partial charge in [-0.25, -0.2) is 8.42 Å². The smallest absolute Gasteiger partial charge is 0.166 e. The lowest BCUT2D eigenvalue weighted by Gasteiger charge is -2.37. The summed E-state index contributed by atoms with van der Waals surface area (Å²) in [5.74, 6) is -0.280. The molecule has 0 N–H and O–H groups in total. The third-order valence-corrected chi connectivity index (χ3v) is 13.1. The lowest BCUT2D eigenvalue weighted by molar-refractivity contribution is -0.128. The largest absolute Gasteiger partial charge is 0.748 e. The zero-order valence-corrected chi connectivity index (χ0v) is 28.4. The second-order valence-corrected chi connectivity index (χ2v) is 16.6. The second kappa shape index (κ2) is 15.7. The van der Waals surface area contributed by atoms with Crippen molar-refractivity contribution >= 4 is 26.8 Å². The van der Waals surface area contributed by atoms with E-state index < -0.39 is 21.3 Å². The molecule has 238 valence electrons. The summed E-state index contributed by atoms with van der Waals surface area (Å²) in [6.07, 6.45) is 14.2. The Morgan fingerprint density at radius 2 is 1.25 bits per heavy atom. The summed E-state index contributed by atoms with van der Waals surface area (Å²) in [6, 6.07) is 31.2. The standard InChI is InChI=1S/C28H35S.C10H16O4S/c1-2-3-4-5-6-7-8-11-16-25-21-23-28(24-22-25)29(26-17-12-9-13-18-26)27-19-14-10-15-20-27;1-9(2)7-3-4-10(9,8(11)5-7)6-15(12,13)14/h9-10,12-15,17-24H,2-8,11,16H2,1H3;7H,3-6H2,1-2H3,(H,12,13,14)/q+1;/p-1. The average Bonchev–Trinajstić information content (AvgIpc) is 3.34. The highest BCUT2D eigenvalue weighted by molar-refractivity contribution is 7.97. The molecule has 0 heterocycles. The average molecular weight is 635 g/mol. The summed E-state index contributed by atoms with van der Waals surface area (Å²) in [5, 5.41) is 0. The normalized spacial score (nSPS) is 20.5. The zero-order chi connectivity index (χ0) is 31.6. The minimum atomic E-state index is -4.33. The summed E-state index contributed by atoms with van der Waals surface area (Å²) >= 11 is 0. The maximum absolute atomic E-state index is 11.8. The van der Waals surface area contributed by atoms with Crippen molar-refractivity contribution < 1.29 is 17.8 Å². The van der Waals surface area contributed by atoms with Crippen LogP contribution in [0.1, 0.15) is 97.0 Å². The van der Waals surface area contributed by atoms with Crippen LogP contribution in [0.25, 0.3) is 0 Å². The molecule has 4 nitrogen and oxygen atoms in total. The third kappa shape index (κ3) is 8.64. The van der Waals surface area contributed by atoms with E-state index in [1.807, 2.05) is 13.8 Å². The summed E-state index contributed by atoms with van der Waals surface area (Å²) in [6.45, 7) is 6.12. The van der Waals surface area contributed by atoms with E-state index >= 15 is 0 Å². The number of unbranched alkanes of at least 4 members (excludes halogenated alkanes) is 7. The fraction of sp³-hybridized carbons (Fsp3) is 0.500. The number of Topliss-reactive ketones (excluding diaryl/α,β-unsaturated/α-hetero) is 1. The molecule has 0 aliphatic heterocycles. The number of rotatable bonds is 14. The van der Waals surface area contributed by atoms with Crippen LogP contribution in [0.4, 0.5) is 0 Å². The van der Waals surface area contributed by atoms with Crippen molar-refractivity contribution in [1.82, 2.24) is 0 Å². The van der Waals surface area contributed by atoms with Gasteiger partial charge >= 0.3 is 0 Å². The van der Waals surface area contributed by atoms with E-state index in [4.69, 9.17) is 0 Å². The van der Waals surface area contributed by atoms with Crippen molar-refractivity contribution in [2.24, 2.45) is 16.7 Å². The molecule has 0 saturated heterocycles. The summed E-state index contributed by atoms with van der Waals surface area (Å²) in [4.78, 5) is 16.0. The highest BCUT2D eigenvalue weighted by atomic mass is 32.2. The predicted molar refractivity (Wildman–Crippen MR) is 181 cm³/mol. The molecule has 5 rings (SSSR count). The van der Waals surface area contributed by atoms with Crippen LogP contribution in [0.3, 0.4) is 0 Å². The Morgan fingerprint density at radius 1 is 0.750 bits per heavy atom. The molecule has 3 aromatic rings. The molecule has 6 heteroatoms. The topological polar surface area (TPSA) is 74.3 Å². The van der Waals surface area contributed by atoms with Crippen molar-refractivity contribution in [1.29, 1.82) is 0 Å². The Kier molecular flexibility index (Phi) is 12.3. The van der Waals surface area contributed by atoms with Crippen LogP contribution in [0.15, 0.2) is 99.6 Å². The van der Waals surface area contributed by atoms with E-state index in [2.05, 4.69) is 91.9 Å². The van der Waals surface area contributed by atoms with Crippen LogP contribution < -0.4 is 0 Å². The molecule has 2 unspecified atom stereocenters. The first-order valence-electron chi connectivity index (χ1n) is 16.5. The van der Waals surface area contributed by atoms with E-state index in [1.54, 1.807) is 0 Å². The van der Waals surface area contributed by atoms with E-state index in [-0.39, 0.29) is 28.0 Å². The fourth-order valence-electron chi connectivity index (χ4n) is 7.19. The molecule has 2 saturated carbocycles. The van der Waals surface area contributed by atoms with Crippen LogP contribution in [0, 0.1) is 16.7 Å². The molecule has 0 spiro atoms. The van der Waals surface area contributed by atoms with Crippen LogP contribution >= 0.6 is 0 Å². The molecule has 2 fully saturated rings. The zero-order valence-electron chi connectivity index (χ0n) is 26.8. The van der Waals surface area contributed by atoms with Crippen LogP contribution in [0.2, 0.25) is 0 Å². The van der Waals surface area contributed by atoms with Gasteiger partial charge in [0.2, 0.25) is 0 Å². The number of ketones is 1. The van der Waals surface area contributed by atoms with Gasteiger partial charge < -0.3 is 4.55 Å². The van der Waals surface area contributed by atoms with Gasteiger partial charge in [0.1, 0.15) is 5.78 Å². The number of benzene rings is 3. The number of carbonyl (C=O) groups is 1. The van der Waals surface area contributed by atoms with E-state index in [0.717, 1.165) is 6.42 Å². The molecule has 44 heavy (non-hydrogen) atoms. The maximum Gasteiger partial charge on any atom is 0.166 e. The van der Waals surface area contributed by atoms with Crippen LogP contribution in [0.5, 0.6) is 0 Å². The number of fused-ring (bicyclic) bond motifs is 2. The quantitative estimate of drug-likeness (QED) is 0.101. The molecule has 0 aromatic heterocycles. The number of aryl methyl sites for hydroxylation is 1. The second-order valence-electron chi connectivity index (χ2n) is 13.2. The van der Waals surface area contributed by atoms with Crippen LogP contribution in [-0.2, 0) is 32.2 Å². The molecule has 2 aliphatic rings. The summed E-state index contributed by atoms with van der Waals surface area (Å²) in [5.41, 5.74) is 0.254. The van der Waals surface area contributed by atoms with Gasteiger partial charge in [-0.2, -0.15) is 0 Å². The first-order chi connectivity index (χ1) is 21.1. The minimum Gasteiger partial charge on any atom is -0.748 e. The van der Waals surface area contributed by atoms with Gasteiger partial charge in [0.25, 0.3) is 0 Å². The Hall–Kier alpha value is -2.41. The molecular weight excluding hydrogens is 585 g/mol. The van der Waals surface area contributed by atoms with E-state index in [9.17, 15) is 17.8 Å². The fourth-order valence-corrected chi connectivity index (χ4v) is 10.6. The molecule has 0 amide bonds. The highest BCUT2D eigenvalue weighted by Gasteiger charge is 2.64. The first-order valence-corrected chi connectivity index (χ1v) is 19.3. The molecule has 2 atom stereocenters. The first kappa shape index (κ1) is 34.5. The number of hydrogen-bond donors (Lipinski definition) is 0. The molecular formula is C38H50O4S2. The van der Waals surface area contributed by atoms with Gasteiger partial charge in [-0.15, -0.1) is 0 Å². The Labute approximate surface area is 269 Å². The van der Waals surface area contributed by atoms with Gasteiger partial charge in [0, 0.05) is 11.8 Å². The van der Waals surface area contributed by atoms with Crippen molar-refractivity contribution in [3.63, 3.8) is 0 Å². The van der Waals surface area contributed by atoms with Crippen molar-refractivity contribution in [3.8, 4) is 0 Å². The van der Waals surface area contributed by atoms with Gasteiger partial charge in [-0.05, 0) is 79.0 Å². The highest BCUT2D eigenvalue weighted by Crippen LogP contribution is 2.64. The molecule has 2 aliphatic carbocycles. The van der Waals surface area contributed by atoms with Gasteiger partial charge in [-0.1, -0.05) is 114 Å². The lowest BCUT2D eigenvalue weighted by Crippen LogP contribution is -2.42. The van der Waals surface area contributed by atoms with Crippen LogP contribution in [-0.4, -0.2) is 24.5 Å². The van der Waals surface area contributed by atoms with Crippen molar-refractivity contribution in [3.05, 3.63) is 90.5 Å². The van der Waals surface area contributed by atoms with Gasteiger partial charge in [0.15, 0.2) is 14.7 Å². The van der Waals surface area contributed by atoms with Gasteiger partial charge in [0.05, 0.1) is 26.8 Å². The summed E-state index contributed by atoms with van der Waals surface area (Å²) < 4.78 is 32.7. The summed E-state index contributed by atoms with van der Waals surface area (Å²) in [7, 11) is -4.36. The number of carbonyl (C=O) groups excluding carboxylic acids is 1. The molecule has 0 radical (unpaired) electrons. The van der Waals surface area contributed by atoms with E-state index in [1.165, 1.54) is 78.0 Å². The third-order valence-electron chi connectivity index (χ3n) is 10.00. The SMILES string of the molecule is CC1(C)C2CCC1(CS(=O)(=O)[O-])C(=O)C2.CCCCCCCCCCc1ccc([S+](c2ccccc2)c2ccccc2)cc1.